The Labute approximate surface area is 234 Å². The Bertz CT molecular complexity index is 1230. The number of nitrogens with zero attached hydrogens (tertiary/aromatic N) is 3. The Balaban J connectivity index is 1.55. The highest BCUT2D eigenvalue weighted by molar-refractivity contribution is 9.10. The van der Waals surface area contributed by atoms with Crippen LogP contribution in [0.25, 0.3) is 0 Å². The normalized spacial score (nSPS) is 11.1. The van der Waals surface area contributed by atoms with Gasteiger partial charge in [-0.25, -0.2) is 0 Å². The fraction of sp³-hybridized carbons (Fsp3) is 0.346. The van der Waals surface area contributed by atoms with E-state index in [1.807, 2.05) is 11.5 Å². The number of rotatable bonds is 12. The van der Waals surface area contributed by atoms with Crippen LogP contribution in [0, 0.1) is 6.92 Å². The molecule has 0 bridgehead atoms. The van der Waals surface area contributed by atoms with Crippen molar-refractivity contribution >= 4 is 62.5 Å². The van der Waals surface area contributed by atoms with Crippen molar-refractivity contribution in [3.63, 3.8) is 0 Å². The van der Waals surface area contributed by atoms with Gasteiger partial charge in [0.15, 0.2) is 5.16 Å². The number of benzene rings is 2. The summed E-state index contributed by atoms with van der Waals surface area (Å²) in [6, 6.07) is 9.18. The first-order chi connectivity index (χ1) is 17.2. The molecule has 1 amide bonds. The van der Waals surface area contributed by atoms with Gasteiger partial charge in [0.2, 0.25) is 5.91 Å². The average Bonchev–Trinajstić information content (AvgIpc) is 3.20. The highest BCUT2D eigenvalue weighted by Crippen LogP contribution is 2.32. The molecule has 0 fully saturated rings. The molecule has 0 atom stereocenters. The fourth-order valence-corrected chi connectivity index (χ4v) is 5.48. The lowest BCUT2D eigenvalue weighted by Gasteiger charge is -2.15. The first-order valence-corrected chi connectivity index (χ1v) is 14.1. The molecular weight excluding hydrogens is 583 g/mol. The molecule has 1 heterocycles. The van der Waals surface area contributed by atoms with Crippen LogP contribution in [-0.2, 0) is 17.8 Å². The second kappa shape index (κ2) is 13.5. The van der Waals surface area contributed by atoms with E-state index < -0.39 is 0 Å². The summed E-state index contributed by atoms with van der Waals surface area (Å²) in [6.07, 6.45) is 3.27. The standard InChI is InChI=1S/C26H29BrCl2N4O2S/c1-5-10-33-24(7-6-11-35-23-14-19(16(2)3)20(27)12-17(23)4)31-32-26(33)36-15-25(34)30-18-8-9-21(28)22(29)13-18/h5,8-9,12-14,16H,1,6-7,10-11,15H2,2-4H3,(H,30,34). The van der Waals surface area contributed by atoms with Gasteiger partial charge in [-0.15, -0.1) is 16.8 Å². The number of nitrogens with one attached hydrogen (secondary N) is 1. The Morgan fingerprint density at radius 2 is 2.03 bits per heavy atom. The van der Waals surface area contributed by atoms with Gasteiger partial charge >= 0.3 is 0 Å². The monoisotopic (exact) mass is 610 g/mol. The predicted molar refractivity (Wildman–Crippen MR) is 153 cm³/mol. The topological polar surface area (TPSA) is 69.0 Å². The minimum atomic E-state index is -0.174. The van der Waals surface area contributed by atoms with E-state index in [0.29, 0.717) is 46.4 Å². The molecule has 1 N–H and O–H groups in total. The van der Waals surface area contributed by atoms with Crippen LogP contribution in [0.2, 0.25) is 10.0 Å². The Hall–Kier alpha value is -2.00. The number of hydrogen-bond donors (Lipinski definition) is 1. The lowest BCUT2D eigenvalue weighted by Crippen LogP contribution is -2.15. The largest absolute Gasteiger partial charge is 0.493 e. The van der Waals surface area contributed by atoms with Crippen LogP contribution in [0.1, 0.15) is 43.1 Å². The molecule has 0 saturated carbocycles. The Kier molecular flexibility index (Phi) is 10.7. The lowest BCUT2D eigenvalue weighted by molar-refractivity contribution is -0.113. The van der Waals surface area contributed by atoms with E-state index in [4.69, 9.17) is 27.9 Å². The minimum absolute atomic E-state index is 0.174. The maximum Gasteiger partial charge on any atom is 0.234 e. The van der Waals surface area contributed by atoms with Gasteiger partial charge in [-0.05, 0) is 60.7 Å². The second-order valence-corrected chi connectivity index (χ2v) is 11.1. The van der Waals surface area contributed by atoms with Crippen molar-refractivity contribution in [3.8, 4) is 5.75 Å². The minimum Gasteiger partial charge on any atom is -0.493 e. The van der Waals surface area contributed by atoms with E-state index in [0.717, 1.165) is 28.0 Å². The van der Waals surface area contributed by atoms with Crippen LogP contribution in [0.4, 0.5) is 5.69 Å². The smallest absolute Gasteiger partial charge is 0.234 e. The van der Waals surface area contributed by atoms with E-state index in [-0.39, 0.29) is 11.7 Å². The van der Waals surface area contributed by atoms with Crippen LogP contribution in [-0.4, -0.2) is 33.0 Å². The molecule has 3 aromatic rings. The molecule has 192 valence electrons. The summed E-state index contributed by atoms with van der Waals surface area (Å²) in [7, 11) is 0. The van der Waals surface area contributed by atoms with Crippen LogP contribution >= 0.6 is 50.9 Å². The number of aryl methyl sites for hydroxylation is 2. The van der Waals surface area contributed by atoms with Crippen molar-refractivity contribution in [2.24, 2.45) is 0 Å². The number of anilines is 1. The van der Waals surface area contributed by atoms with E-state index in [2.05, 4.69) is 64.0 Å². The summed E-state index contributed by atoms with van der Waals surface area (Å²) in [6.45, 7) is 11.3. The molecule has 0 radical (unpaired) electrons. The van der Waals surface area contributed by atoms with Crippen LogP contribution in [0.5, 0.6) is 5.75 Å². The van der Waals surface area contributed by atoms with E-state index in [1.54, 1.807) is 24.3 Å². The quantitative estimate of drug-likeness (QED) is 0.129. The number of carbonyl (C=O) groups excluding carboxylic acids is 1. The van der Waals surface area contributed by atoms with E-state index in [9.17, 15) is 4.79 Å². The molecule has 0 aliphatic heterocycles. The van der Waals surface area contributed by atoms with Crippen molar-refractivity contribution in [2.75, 3.05) is 17.7 Å². The molecule has 1 aromatic heterocycles. The summed E-state index contributed by atoms with van der Waals surface area (Å²) in [4.78, 5) is 12.4. The number of aromatic nitrogens is 3. The molecular formula is C26H29BrCl2N4O2S. The van der Waals surface area contributed by atoms with Gasteiger partial charge in [0.25, 0.3) is 0 Å². The maximum absolute atomic E-state index is 12.4. The van der Waals surface area contributed by atoms with Gasteiger partial charge < -0.3 is 14.6 Å². The van der Waals surface area contributed by atoms with Crippen molar-refractivity contribution in [2.45, 2.75) is 51.2 Å². The molecule has 6 nitrogen and oxygen atoms in total. The zero-order valence-corrected chi connectivity index (χ0v) is 24.4. The zero-order chi connectivity index (χ0) is 26.2. The van der Waals surface area contributed by atoms with Crippen molar-refractivity contribution in [3.05, 3.63) is 74.5 Å². The fourth-order valence-electron chi connectivity index (χ4n) is 3.50. The van der Waals surface area contributed by atoms with Gasteiger partial charge in [-0.2, -0.15) is 0 Å². The summed E-state index contributed by atoms with van der Waals surface area (Å²) in [5.41, 5.74) is 2.91. The number of ether oxygens (including phenoxy) is 1. The van der Waals surface area contributed by atoms with E-state index >= 15 is 0 Å². The molecule has 0 spiro atoms. The Morgan fingerprint density at radius 3 is 2.72 bits per heavy atom. The molecule has 3 rings (SSSR count). The van der Waals surface area contributed by atoms with Crippen LogP contribution in [0.3, 0.4) is 0 Å². The third-order valence-electron chi connectivity index (χ3n) is 5.36. The highest BCUT2D eigenvalue weighted by Gasteiger charge is 2.15. The number of allylic oxidation sites excluding steroid dienone is 1. The first-order valence-electron chi connectivity index (χ1n) is 11.5. The maximum atomic E-state index is 12.4. The van der Waals surface area contributed by atoms with Gasteiger partial charge in [0.1, 0.15) is 11.6 Å². The molecule has 36 heavy (non-hydrogen) atoms. The highest BCUT2D eigenvalue weighted by atomic mass is 79.9. The third-order valence-corrected chi connectivity index (χ3v) is 7.75. The first kappa shape index (κ1) is 28.6. The van der Waals surface area contributed by atoms with Crippen LogP contribution < -0.4 is 10.1 Å². The number of thioether (sulfide) groups is 1. The molecule has 0 saturated heterocycles. The lowest BCUT2D eigenvalue weighted by atomic mass is 10.0. The number of carbonyl (C=O) groups is 1. The number of amides is 1. The summed E-state index contributed by atoms with van der Waals surface area (Å²) >= 11 is 16.9. The van der Waals surface area contributed by atoms with Crippen molar-refractivity contribution < 1.29 is 9.53 Å². The SMILES string of the molecule is C=CCn1c(CCCOc2cc(C(C)C)c(Br)cc2C)nnc1SCC(=O)Nc1ccc(Cl)c(Cl)c1. The molecule has 0 unspecified atom stereocenters. The summed E-state index contributed by atoms with van der Waals surface area (Å²) in [5, 5.41) is 12.9. The summed E-state index contributed by atoms with van der Waals surface area (Å²) in [5.74, 6) is 2.15. The van der Waals surface area contributed by atoms with Gasteiger partial charge in [-0.1, -0.05) is 70.8 Å². The second-order valence-electron chi connectivity index (χ2n) is 8.51. The molecule has 10 heteroatoms. The molecule has 0 aliphatic rings. The Morgan fingerprint density at radius 1 is 1.25 bits per heavy atom. The number of hydrogen-bond acceptors (Lipinski definition) is 5. The third kappa shape index (κ3) is 7.75. The van der Waals surface area contributed by atoms with Gasteiger partial charge in [0, 0.05) is 23.1 Å². The van der Waals surface area contributed by atoms with Crippen molar-refractivity contribution in [1.29, 1.82) is 0 Å². The molecule has 0 aliphatic carbocycles. The van der Waals surface area contributed by atoms with Crippen LogP contribution in [0.15, 0.2) is 52.6 Å². The molecule has 2 aromatic carbocycles. The van der Waals surface area contributed by atoms with Crippen molar-refractivity contribution in [1.82, 2.24) is 14.8 Å². The number of halogens is 3. The van der Waals surface area contributed by atoms with E-state index in [1.165, 1.54) is 17.3 Å². The average molecular weight is 612 g/mol. The summed E-state index contributed by atoms with van der Waals surface area (Å²) < 4.78 is 9.17. The van der Waals surface area contributed by atoms with Gasteiger partial charge in [-0.3, -0.25) is 4.79 Å². The predicted octanol–water partition coefficient (Wildman–Crippen LogP) is 7.71. The van der Waals surface area contributed by atoms with Gasteiger partial charge in [0.05, 0.1) is 22.4 Å². The zero-order valence-electron chi connectivity index (χ0n) is 20.5.